The van der Waals surface area contributed by atoms with Crippen LogP contribution in [-0.4, -0.2) is 41.0 Å². The summed E-state index contributed by atoms with van der Waals surface area (Å²) in [6.07, 6.45) is 2.61. The molecule has 4 aromatic rings. The minimum atomic E-state index is -0.303. The predicted molar refractivity (Wildman–Crippen MR) is 133 cm³/mol. The number of fused-ring (bicyclic) bond motifs is 1. The van der Waals surface area contributed by atoms with Crippen LogP contribution in [0.3, 0.4) is 0 Å². The van der Waals surface area contributed by atoms with Gasteiger partial charge in [-0.2, -0.15) is 5.10 Å². The van der Waals surface area contributed by atoms with Crippen molar-refractivity contribution in [3.63, 3.8) is 0 Å². The summed E-state index contributed by atoms with van der Waals surface area (Å²) in [5.41, 5.74) is 9.75. The lowest BCUT2D eigenvalue weighted by Crippen LogP contribution is -2.37. The Morgan fingerprint density at radius 1 is 1.03 bits per heavy atom. The number of hydrazone groups is 1. The first-order valence-corrected chi connectivity index (χ1v) is 11.3. The number of rotatable bonds is 4. The quantitative estimate of drug-likeness (QED) is 0.441. The van der Waals surface area contributed by atoms with Gasteiger partial charge in [0.25, 0.3) is 5.91 Å². The molecule has 168 valence electrons. The number of hydrogen-bond acceptors (Lipinski definition) is 4. The van der Waals surface area contributed by atoms with Crippen molar-refractivity contribution in [3.8, 4) is 11.3 Å². The molecule has 3 aromatic carbocycles. The van der Waals surface area contributed by atoms with Gasteiger partial charge in [-0.25, -0.2) is 5.43 Å². The Hall–Kier alpha value is -4.23. The van der Waals surface area contributed by atoms with Crippen LogP contribution in [0.2, 0.25) is 0 Å². The number of aromatic nitrogens is 1. The van der Waals surface area contributed by atoms with Crippen LogP contribution in [0.4, 0.5) is 5.69 Å². The van der Waals surface area contributed by atoms with Crippen molar-refractivity contribution in [1.29, 1.82) is 0 Å². The molecule has 6 rings (SSSR count). The number of carbonyl (C=O) groups is 2. The van der Waals surface area contributed by atoms with Crippen LogP contribution in [-0.2, 0) is 17.8 Å². The molecule has 0 bridgehead atoms. The Morgan fingerprint density at radius 3 is 2.68 bits per heavy atom. The van der Waals surface area contributed by atoms with Gasteiger partial charge in [0.15, 0.2) is 0 Å². The number of amides is 2. The third-order valence-electron chi connectivity index (χ3n) is 6.46. The molecule has 0 unspecified atom stereocenters. The summed E-state index contributed by atoms with van der Waals surface area (Å²) < 4.78 is 0. The molecule has 2 aliphatic heterocycles. The number of benzene rings is 3. The highest BCUT2D eigenvalue weighted by molar-refractivity contribution is 6.18. The van der Waals surface area contributed by atoms with E-state index in [4.69, 9.17) is 0 Å². The molecule has 0 radical (unpaired) electrons. The fourth-order valence-corrected chi connectivity index (χ4v) is 4.88. The van der Waals surface area contributed by atoms with Crippen molar-refractivity contribution in [1.82, 2.24) is 15.3 Å². The van der Waals surface area contributed by atoms with Gasteiger partial charge < -0.3 is 10.3 Å². The predicted octanol–water partition coefficient (Wildman–Crippen LogP) is 3.91. The van der Waals surface area contributed by atoms with E-state index in [0.717, 1.165) is 47.2 Å². The van der Waals surface area contributed by atoms with Crippen molar-refractivity contribution in [3.05, 3.63) is 89.0 Å². The first-order valence-electron chi connectivity index (χ1n) is 11.3. The van der Waals surface area contributed by atoms with E-state index in [-0.39, 0.29) is 11.8 Å². The average Bonchev–Trinajstić information content (AvgIpc) is 3.13. The van der Waals surface area contributed by atoms with Crippen LogP contribution < -0.4 is 10.7 Å². The third kappa shape index (κ3) is 3.66. The molecule has 34 heavy (non-hydrogen) atoms. The van der Waals surface area contributed by atoms with Gasteiger partial charge in [0, 0.05) is 35.2 Å². The second kappa shape index (κ2) is 8.28. The number of H-pyrrole nitrogens is 1. The highest BCUT2D eigenvalue weighted by Gasteiger charge is 2.23. The zero-order chi connectivity index (χ0) is 23.1. The molecule has 7 heteroatoms. The second-order valence-corrected chi connectivity index (χ2v) is 8.70. The number of aromatic amines is 1. The molecule has 2 amide bonds. The molecule has 1 aromatic heterocycles. The van der Waals surface area contributed by atoms with E-state index in [0.29, 0.717) is 17.8 Å². The monoisotopic (exact) mass is 449 g/mol. The summed E-state index contributed by atoms with van der Waals surface area (Å²) in [5.74, 6) is -0.409. The van der Waals surface area contributed by atoms with E-state index in [2.05, 4.69) is 43.9 Å². The van der Waals surface area contributed by atoms with Gasteiger partial charge in [0.05, 0.1) is 24.0 Å². The number of nitrogens with zero attached hydrogens (tertiary/aromatic N) is 2. The Bertz CT molecular complexity index is 1450. The van der Waals surface area contributed by atoms with Crippen LogP contribution in [0, 0.1) is 0 Å². The van der Waals surface area contributed by atoms with E-state index in [1.807, 2.05) is 42.5 Å². The third-order valence-corrected chi connectivity index (χ3v) is 6.46. The topological polar surface area (TPSA) is 89.6 Å². The van der Waals surface area contributed by atoms with Crippen LogP contribution in [0.5, 0.6) is 0 Å². The average molecular weight is 450 g/mol. The molecule has 0 atom stereocenters. The Labute approximate surface area is 196 Å². The van der Waals surface area contributed by atoms with Crippen molar-refractivity contribution in [2.75, 3.05) is 18.4 Å². The molecule has 3 N–H and O–H groups in total. The van der Waals surface area contributed by atoms with Crippen molar-refractivity contribution in [2.45, 2.75) is 13.0 Å². The van der Waals surface area contributed by atoms with Gasteiger partial charge in [0.2, 0.25) is 5.91 Å². The lowest BCUT2D eigenvalue weighted by molar-refractivity contribution is -0.117. The molecular weight excluding hydrogens is 426 g/mol. The van der Waals surface area contributed by atoms with E-state index in [1.54, 1.807) is 12.3 Å². The van der Waals surface area contributed by atoms with Gasteiger partial charge in [-0.3, -0.25) is 14.5 Å². The van der Waals surface area contributed by atoms with Crippen LogP contribution >= 0.6 is 0 Å². The van der Waals surface area contributed by atoms with Crippen LogP contribution in [0.1, 0.15) is 27.0 Å². The molecule has 7 nitrogen and oxygen atoms in total. The lowest BCUT2D eigenvalue weighted by Gasteiger charge is -2.28. The van der Waals surface area contributed by atoms with Crippen molar-refractivity contribution >= 4 is 34.6 Å². The molecule has 0 saturated heterocycles. The fraction of sp³-hybridized carbons (Fsp3) is 0.148. The summed E-state index contributed by atoms with van der Waals surface area (Å²) in [6, 6.07) is 21.9. The normalized spacial score (nSPS) is 15.0. The largest absolute Gasteiger partial charge is 0.354 e. The Morgan fingerprint density at radius 2 is 1.82 bits per heavy atom. The molecular formula is C27H23N5O2. The SMILES string of the molecule is O=C(CN1CCc2ccccc2C1)Nc1cc2c3c(c(-c4ccccc4)[nH]c3c1)C=NNC2=O. The van der Waals surface area contributed by atoms with E-state index in [9.17, 15) is 9.59 Å². The fourth-order valence-electron chi connectivity index (χ4n) is 4.88. The standard InChI is InChI=1S/C27H23N5O2/c33-24(16-32-11-10-17-6-4-5-9-19(17)15-32)29-20-12-21-25-22(14-28-31-27(21)34)26(30-23(25)13-20)18-7-2-1-3-8-18/h1-9,12-14,30H,10-11,15-16H2,(H,29,33)(H,31,34). The van der Waals surface area contributed by atoms with Gasteiger partial charge in [-0.1, -0.05) is 54.6 Å². The van der Waals surface area contributed by atoms with E-state index >= 15 is 0 Å². The summed E-state index contributed by atoms with van der Waals surface area (Å²) in [4.78, 5) is 31.2. The number of hydrogen-bond donors (Lipinski definition) is 3. The molecule has 2 aliphatic rings. The zero-order valence-electron chi connectivity index (χ0n) is 18.5. The van der Waals surface area contributed by atoms with Gasteiger partial charge in [-0.15, -0.1) is 0 Å². The van der Waals surface area contributed by atoms with Gasteiger partial charge in [-0.05, 0) is 35.2 Å². The van der Waals surface area contributed by atoms with Crippen molar-refractivity contribution < 1.29 is 9.59 Å². The number of nitrogens with one attached hydrogen (secondary N) is 3. The highest BCUT2D eigenvalue weighted by atomic mass is 16.2. The molecule has 0 fully saturated rings. The number of carbonyl (C=O) groups excluding carboxylic acids is 2. The maximum Gasteiger partial charge on any atom is 0.272 e. The van der Waals surface area contributed by atoms with Crippen LogP contribution in [0.15, 0.2) is 71.8 Å². The zero-order valence-corrected chi connectivity index (χ0v) is 18.5. The second-order valence-electron chi connectivity index (χ2n) is 8.70. The minimum Gasteiger partial charge on any atom is -0.354 e. The Kier molecular flexibility index (Phi) is 4.96. The van der Waals surface area contributed by atoms with E-state index in [1.165, 1.54) is 11.1 Å². The molecule has 0 spiro atoms. The molecule has 0 saturated carbocycles. The molecule has 3 heterocycles. The first kappa shape index (κ1) is 20.4. The van der Waals surface area contributed by atoms with Crippen LogP contribution in [0.25, 0.3) is 22.2 Å². The minimum absolute atomic E-state index is 0.105. The maximum absolute atomic E-state index is 12.9. The van der Waals surface area contributed by atoms with E-state index < -0.39 is 0 Å². The summed E-state index contributed by atoms with van der Waals surface area (Å²) >= 11 is 0. The Balaban J connectivity index is 1.29. The number of anilines is 1. The lowest BCUT2D eigenvalue weighted by atomic mass is 10.00. The van der Waals surface area contributed by atoms with Crippen molar-refractivity contribution in [2.24, 2.45) is 5.10 Å². The maximum atomic E-state index is 12.9. The highest BCUT2D eigenvalue weighted by Crippen LogP contribution is 2.34. The first-order chi connectivity index (χ1) is 16.7. The summed E-state index contributed by atoms with van der Waals surface area (Å²) in [6.45, 7) is 1.89. The molecule has 0 aliphatic carbocycles. The summed E-state index contributed by atoms with van der Waals surface area (Å²) in [7, 11) is 0. The van der Waals surface area contributed by atoms with Gasteiger partial charge in [0.1, 0.15) is 0 Å². The van der Waals surface area contributed by atoms with Gasteiger partial charge >= 0.3 is 0 Å². The smallest absolute Gasteiger partial charge is 0.272 e. The summed E-state index contributed by atoms with van der Waals surface area (Å²) in [5, 5.41) is 7.88.